The van der Waals surface area contributed by atoms with Crippen LogP contribution in [0.2, 0.25) is 5.02 Å². The summed E-state index contributed by atoms with van der Waals surface area (Å²) in [6.07, 6.45) is 0.221. The van der Waals surface area contributed by atoms with Crippen LogP contribution in [0, 0.1) is 26.7 Å². The molecule has 1 fully saturated rings. The van der Waals surface area contributed by atoms with Crippen LogP contribution in [0.4, 0.5) is 11.4 Å². The zero-order valence-corrected chi connectivity index (χ0v) is 15.4. The standard InChI is InChI=1S/C20H21ClN2O2/c1-12-6-13(2)8-17(7-12)23-11-15(9-19(23)24)20(25)22-18-10-16(21)5-4-14(18)3/h4-8,10,15H,9,11H2,1-3H3,(H,22,25)/t15-/m1/s1. The third-order valence-corrected chi connectivity index (χ3v) is 4.71. The Morgan fingerprint density at radius 1 is 1.12 bits per heavy atom. The van der Waals surface area contributed by atoms with E-state index in [4.69, 9.17) is 11.6 Å². The van der Waals surface area contributed by atoms with E-state index in [0.29, 0.717) is 17.3 Å². The second-order valence-electron chi connectivity index (χ2n) is 6.70. The Labute approximate surface area is 152 Å². The summed E-state index contributed by atoms with van der Waals surface area (Å²) in [6.45, 7) is 6.31. The van der Waals surface area contributed by atoms with E-state index in [2.05, 4.69) is 11.4 Å². The number of nitrogens with one attached hydrogen (secondary N) is 1. The fourth-order valence-corrected chi connectivity index (χ4v) is 3.38. The van der Waals surface area contributed by atoms with E-state index in [0.717, 1.165) is 22.4 Å². The summed E-state index contributed by atoms with van der Waals surface area (Å²) < 4.78 is 0. The maximum absolute atomic E-state index is 12.6. The Bertz CT molecular complexity index is 827. The smallest absolute Gasteiger partial charge is 0.229 e. The minimum Gasteiger partial charge on any atom is -0.325 e. The molecule has 2 amide bonds. The minimum atomic E-state index is -0.369. The number of hydrogen-bond acceptors (Lipinski definition) is 2. The van der Waals surface area contributed by atoms with E-state index < -0.39 is 0 Å². The Morgan fingerprint density at radius 3 is 2.48 bits per heavy atom. The van der Waals surface area contributed by atoms with Gasteiger partial charge >= 0.3 is 0 Å². The first-order valence-electron chi connectivity index (χ1n) is 8.29. The Balaban J connectivity index is 1.75. The van der Waals surface area contributed by atoms with Crippen molar-refractivity contribution < 1.29 is 9.59 Å². The largest absolute Gasteiger partial charge is 0.325 e. The van der Waals surface area contributed by atoms with Crippen LogP contribution in [0.5, 0.6) is 0 Å². The van der Waals surface area contributed by atoms with Gasteiger partial charge < -0.3 is 10.2 Å². The highest BCUT2D eigenvalue weighted by Gasteiger charge is 2.35. The second-order valence-corrected chi connectivity index (χ2v) is 7.14. The number of benzene rings is 2. The van der Waals surface area contributed by atoms with Crippen LogP contribution in [0.1, 0.15) is 23.1 Å². The van der Waals surface area contributed by atoms with Gasteiger partial charge in [-0.3, -0.25) is 9.59 Å². The number of rotatable bonds is 3. The molecule has 4 nitrogen and oxygen atoms in total. The molecule has 1 atom stereocenters. The number of carbonyl (C=O) groups excluding carboxylic acids is 2. The first-order valence-corrected chi connectivity index (χ1v) is 8.67. The third-order valence-electron chi connectivity index (χ3n) is 4.47. The normalized spacial score (nSPS) is 17.0. The molecule has 1 aliphatic rings. The van der Waals surface area contributed by atoms with Crippen molar-refractivity contribution in [2.45, 2.75) is 27.2 Å². The lowest BCUT2D eigenvalue weighted by Crippen LogP contribution is -2.28. The number of halogens is 1. The molecule has 25 heavy (non-hydrogen) atoms. The summed E-state index contributed by atoms with van der Waals surface area (Å²) in [7, 11) is 0. The van der Waals surface area contributed by atoms with Crippen LogP contribution in [0.25, 0.3) is 0 Å². The molecule has 2 aromatic rings. The highest BCUT2D eigenvalue weighted by molar-refractivity contribution is 6.31. The molecule has 1 aliphatic heterocycles. The van der Waals surface area contributed by atoms with E-state index in [-0.39, 0.29) is 24.2 Å². The average Bonchev–Trinajstić information content (AvgIpc) is 2.92. The SMILES string of the molecule is Cc1cc(C)cc(N2C[C@H](C(=O)Nc3cc(Cl)ccc3C)CC2=O)c1. The van der Waals surface area contributed by atoms with Crippen molar-refractivity contribution in [3.05, 3.63) is 58.1 Å². The van der Waals surface area contributed by atoms with Crippen molar-refractivity contribution in [2.75, 3.05) is 16.8 Å². The summed E-state index contributed by atoms with van der Waals surface area (Å²) in [5.41, 5.74) is 4.69. The van der Waals surface area contributed by atoms with Gasteiger partial charge in [0, 0.05) is 29.4 Å². The molecule has 0 unspecified atom stereocenters. The molecular weight excluding hydrogens is 336 g/mol. The van der Waals surface area contributed by atoms with Crippen LogP contribution in [-0.2, 0) is 9.59 Å². The summed E-state index contributed by atoms with van der Waals surface area (Å²) in [6, 6.07) is 11.4. The van der Waals surface area contributed by atoms with Gasteiger partial charge in [0.1, 0.15) is 0 Å². The van der Waals surface area contributed by atoms with Crippen LogP contribution in [-0.4, -0.2) is 18.4 Å². The van der Waals surface area contributed by atoms with E-state index in [1.54, 1.807) is 17.0 Å². The summed E-state index contributed by atoms with van der Waals surface area (Å²) >= 11 is 6.00. The number of anilines is 2. The maximum atomic E-state index is 12.6. The van der Waals surface area contributed by atoms with Crippen molar-refractivity contribution >= 4 is 34.8 Å². The molecule has 0 spiro atoms. The highest BCUT2D eigenvalue weighted by atomic mass is 35.5. The van der Waals surface area contributed by atoms with Crippen LogP contribution in [0.3, 0.4) is 0 Å². The van der Waals surface area contributed by atoms with Gasteiger partial charge in [0.05, 0.1) is 5.92 Å². The first kappa shape index (κ1) is 17.5. The van der Waals surface area contributed by atoms with Gasteiger partial charge in [-0.15, -0.1) is 0 Å². The van der Waals surface area contributed by atoms with Gasteiger partial charge in [0.2, 0.25) is 11.8 Å². The van der Waals surface area contributed by atoms with Crippen LogP contribution in [0.15, 0.2) is 36.4 Å². The lowest BCUT2D eigenvalue weighted by Gasteiger charge is -2.18. The molecule has 1 heterocycles. The molecule has 1 saturated heterocycles. The van der Waals surface area contributed by atoms with Gasteiger partial charge in [0.15, 0.2) is 0 Å². The van der Waals surface area contributed by atoms with Crippen LogP contribution >= 0.6 is 11.6 Å². The first-order chi connectivity index (χ1) is 11.8. The Morgan fingerprint density at radius 2 is 1.80 bits per heavy atom. The van der Waals surface area contributed by atoms with Crippen molar-refractivity contribution in [3.8, 4) is 0 Å². The zero-order valence-electron chi connectivity index (χ0n) is 14.6. The molecule has 5 heteroatoms. The van der Waals surface area contributed by atoms with Crippen LogP contribution < -0.4 is 10.2 Å². The van der Waals surface area contributed by atoms with Gasteiger partial charge in [-0.05, 0) is 61.7 Å². The molecule has 1 N–H and O–H groups in total. The molecule has 0 bridgehead atoms. The quantitative estimate of drug-likeness (QED) is 0.893. The fourth-order valence-electron chi connectivity index (χ4n) is 3.20. The third kappa shape index (κ3) is 3.85. The molecule has 3 rings (SSSR count). The Hall–Kier alpha value is -2.33. The van der Waals surface area contributed by atoms with Gasteiger partial charge in [-0.25, -0.2) is 0 Å². The molecule has 0 aromatic heterocycles. The lowest BCUT2D eigenvalue weighted by molar-refractivity contribution is -0.122. The summed E-state index contributed by atoms with van der Waals surface area (Å²) in [5, 5.41) is 3.48. The number of carbonyl (C=O) groups is 2. The molecule has 130 valence electrons. The average molecular weight is 357 g/mol. The van der Waals surface area contributed by atoms with E-state index >= 15 is 0 Å². The number of hydrogen-bond donors (Lipinski definition) is 1. The van der Waals surface area contributed by atoms with Crippen molar-refractivity contribution in [3.63, 3.8) is 0 Å². The van der Waals surface area contributed by atoms with E-state index in [1.165, 1.54) is 0 Å². The van der Waals surface area contributed by atoms with E-state index in [1.807, 2.05) is 39.0 Å². The summed E-state index contributed by atoms with van der Waals surface area (Å²) in [5.74, 6) is -0.537. The summed E-state index contributed by atoms with van der Waals surface area (Å²) in [4.78, 5) is 26.7. The van der Waals surface area contributed by atoms with Crippen molar-refractivity contribution in [2.24, 2.45) is 5.92 Å². The molecular formula is C20H21ClN2O2. The monoisotopic (exact) mass is 356 g/mol. The molecule has 0 saturated carbocycles. The Kier molecular flexibility index (Phi) is 4.82. The van der Waals surface area contributed by atoms with Gasteiger partial charge in [-0.2, -0.15) is 0 Å². The van der Waals surface area contributed by atoms with Crippen molar-refractivity contribution in [1.29, 1.82) is 0 Å². The predicted molar refractivity (Wildman–Crippen MR) is 101 cm³/mol. The highest BCUT2D eigenvalue weighted by Crippen LogP contribution is 2.28. The van der Waals surface area contributed by atoms with Gasteiger partial charge in [0.25, 0.3) is 0 Å². The topological polar surface area (TPSA) is 49.4 Å². The maximum Gasteiger partial charge on any atom is 0.229 e. The zero-order chi connectivity index (χ0) is 18.1. The molecule has 2 aromatic carbocycles. The molecule has 0 radical (unpaired) electrons. The minimum absolute atomic E-state index is 0.0204. The lowest BCUT2D eigenvalue weighted by atomic mass is 10.1. The number of amides is 2. The van der Waals surface area contributed by atoms with E-state index in [9.17, 15) is 9.59 Å². The predicted octanol–water partition coefficient (Wildman–Crippen LogP) is 4.26. The number of nitrogens with zero attached hydrogens (tertiary/aromatic N) is 1. The second kappa shape index (κ2) is 6.89. The fraction of sp³-hybridized carbons (Fsp3) is 0.300. The van der Waals surface area contributed by atoms with Gasteiger partial charge in [-0.1, -0.05) is 23.7 Å². The number of aryl methyl sites for hydroxylation is 3. The van der Waals surface area contributed by atoms with Crippen molar-refractivity contribution in [1.82, 2.24) is 0 Å². The molecule has 0 aliphatic carbocycles.